The first-order chi connectivity index (χ1) is 7.66. The molecule has 0 radical (unpaired) electrons. The minimum atomic E-state index is -2.35. The van der Waals surface area contributed by atoms with E-state index in [1.54, 1.807) is 12.1 Å². The maximum absolute atomic E-state index is 12.2. The van der Waals surface area contributed by atoms with E-state index in [0.717, 1.165) is 5.56 Å². The molecule has 0 spiro atoms. The SMILES string of the molecule is CC(NCc1ccc2c(c1)OCO2)C(F)F. The van der Waals surface area contributed by atoms with Crippen molar-refractivity contribution in [3.05, 3.63) is 23.8 Å². The predicted molar refractivity (Wildman–Crippen MR) is 54.9 cm³/mol. The van der Waals surface area contributed by atoms with Gasteiger partial charge in [-0.05, 0) is 24.6 Å². The van der Waals surface area contributed by atoms with Gasteiger partial charge in [-0.25, -0.2) is 8.78 Å². The lowest BCUT2D eigenvalue weighted by atomic mass is 10.2. The summed E-state index contributed by atoms with van der Waals surface area (Å²) in [6, 6.07) is 4.60. The standard InChI is InChI=1S/C11H13F2NO2/c1-7(11(12)13)14-5-8-2-3-9-10(4-8)16-6-15-9/h2-4,7,11,14H,5-6H2,1H3. The Labute approximate surface area is 92.4 Å². The molecule has 1 atom stereocenters. The van der Waals surface area contributed by atoms with E-state index < -0.39 is 12.5 Å². The molecule has 5 heteroatoms. The third-order valence-electron chi connectivity index (χ3n) is 2.44. The highest BCUT2D eigenvalue weighted by molar-refractivity contribution is 5.44. The molecule has 0 aromatic heterocycles. The van der Waals surface area contributed by atoms with Crippen LogP contribution in [0.3, 0.4) is 0 Å². The van der Waals surface area contributed by atoms with Crippen molar-refractivity contribution >= 4 is 0 Å². The summed E-state index contributed by atoms with van der Waals surface area (Å²) in [6.07, 6.45) is -2.35. The number of fused-ring (bicyclic) bond motifs is 1. The molecule has 1 aromatic rings. The van der Waals surface area contributed by atoms with Crippen LogP contribution in [0.5, 0.6) is 11.5 Å². The number of rotatable bonds is 4. The van der Waals surface area contributed by atoms with Gasteiger partial charge in [0.05, 0.1) is 6.04 Å². The van der Waals surface area contributed by atoms with Crippen molar-refractivity contribution in [3.8, 4) is 11.5 Å². The second-order valence-electron chi connectivity index (χ2n) is 3.69. The van der Waals surface area contributed by atoms with Gasteiger partial charge in [0.2, 0.25) is 6.79 Å². The Hall–Kier alpha value is -1.36. The zero-order valence-corrected chi connectivity index (χ0v) is 8.87. The molecule has 1 aromatic carbocycles. The van der Waals surface area contributed by atoms with Crippen LogP contribution in [0, 0.1) is 0 Å². The summed E-state index contributed by atoms with van der Waals surface area (Å²) >= 11 is 0. The third kappa shape index (κ3) is 2.41. The van der Waals surface area contributed by atoms with Crippen LogP contribution in [0.15, 0.2) is 18.2 Å². The lowest BCUT2D eigenvalue weighted by molar-refractivity contribution is 0.105. The van der Waals surface area contributed by atoms with E-state index in [9.17, 15) is 8.78 Å². The largest absolute Gasteiger partial charge is 0.454 e. The van der Waals surface area contributed by atoms with Crippen LogP contribution in [0.1, 0.15) is 12.5 Å². The predicted octanol–water partition coefficient (Wildman–Crippen LogP) is 2.16. The third-order valence-corrected chi connectivity index (χ3v) is 2.44. The van der Waals surface area contributed by atoms with Crippen molar-refractivity contribution in [2.75, 3.05) is 6.79 Å². The van der Waals surface area contributed by atoms with Crippen molar-refractivity contribution in [1.82, 2.24) is 5.32 Å². The smallest absolute Gasteiger partial charge is 0.253 e. The summed E-state index contributed by atoms with van der Waals surface area (Å²) < 4.78 is 34.8. The zero-order chi connectivity index (χ0) is 11.5. The molecule has 0 saturated carbocycles. The van der Waals surface area contributed by atoms with E-state index in [0.29, 0.717) is 18.0 Å². The topological polar surface area (TPSA) is 30.5 Å². The second kappa shape index (κ2) is 4.65. The number of benzene rings is 1. The molecule has 1 unspecified atom stereocenters. The number of nitrogens with one attached hydrogen (secondary N) is 1. The summed E-state index contributed by atoms with van der Waals surface area (Å²) in [5, 5.41) is 2.74. The number of ether oxygens (including phenoxy) is 2. The molecule has 0 fully saturated rings. The monoisotopic (exact) mass is 229 g/mol. The van der Waals surface area contributed by atoms with Gasteiger partial charge in [-0.15, -0.1) is 0 Å². The number of hydrogen-bond donors (Lipinski definition) is 1. The maximum Gasteiger partial charge on any atom is 0.253 e. The average Bonchev–Trinajstić information content (AvgIpc) is 2.72. The van der Waals surface area contributed by atoms with Crippen LogP contribution in [0.2, 0.25) is 0 Å². The van der Waals surface area contributed by atoms with Crippen LogP contribution in [0.25, 0.3) is 0 Å². The Morgan fingerprint density at radius 1 is 1.31 bits per heavy atom. The fraction of sp³-hybridized carbons (Fsp3) is 0.455. The molecular formula is C11H13F2NO2. The van der Waals surface area contributed by atoms with E-state index in [1.807, 2.05) is 6.07 Å². The number of halogens is 2. The minimum Gasteiger partial charge on any atom is -0.454 e. The van der Waals surface area contributed by atoms with Gasteiger partial charge in [-0.1, -0.05) is 6.07 Å². The van der Waals surface area contributed by atoms with Crippen molar-refractivity contribution < 1.29 is 18.3 Å². The maximum atomic E-state index is 12.2. The molecule has 16 heavy (non-hydrogen) atoms. The fourth-order valence-corrected chi connectivity index (χ4v) is 1.42. The molecule has 1 heterocycles. The summed E-state index contributed by atoms with van der Waals surface area (Å²) in [4.78, 5) is 0. The van der Waals surface area contributed by atoms with Crippen molar-refractivity contribution in [2.24, 2.45) is 0 Å². The van der Waals surface area contributed by atoms with Gasteiger partial charge in [0.25, 0.3) is 6.43 Å². The van der Waals surface area contributed by atoms with Gasteiger partial charge in [0.15, 0.2) is 11.5 Å². The first-order valence-electron chi connectivity index (χ1n) is 5.07. The normalized spacial score (nSPS) is 15.5. The van der Waals surface area contributed by atoms with Gasteiger partial charge in [-0.3, -0.25) is 0 Å². The lowest BCUT2D eigenvalue weighted by Gasteiger charge is -2.12. The Balaban J connectivity index is 1.95. The van der Waals surface area contributed by atoms with Gasteiger partial charge in [0.1, 0.15) is 0 Å². The summed E-state index contributed by atoms with van der Waals surface area (Å²) in [7, 11) is 0. The van der Waals surface area contributed by atoms with E-state index >= 15 is 0 Å². The Bertz CT molecular complexity index is 371. The molecule has 1 aliphatic rings. The Kier molecular flexibility index (Phi) is 3.24. The van der Waals surface area contributed by atoms with Crippen molar-refractivity contribution in [1.29, 1.82) is 0 Å². The van der Waals surface area contributed by atoms with Crippen LogP contribution in [0.4, 0.5) is 8.78 Å². The molecule has 88 valence electrons. The van der Waals surface area contributed by atoms with Crippen molar-refractivity contribution in [2.45, 2.75) is 25.9 Å². The van der Waals surface area contributed by atoms with Crippen LogP contribution >= 0.6 is 0 Å². The lowest BCUT2D eigenvalue weighted by Crippen LogP contribution is -2.31. The van der Waals surface area contributed by atoms with Crippen LogP contribution < -0.4 is 14.8 Å². The summed E-state index contributed by atoms with van der Waals surface area (Å²) in [5.41, 5.74) is 0.900. The van der Waals surface area contributed by atoms with Crippen molar-refractivity contribution in [3.63, 3.8) is 0 Å². The average molecular weight is 229 g/mol. The summed E-state index contributed by atoms with van der Waals surface area (Å²) in [6.45, 7) is 2.07. The minimum absolute atomic E-state index is 0.222. The molecule has 0 aliphatic carbocycles. The van der Waals surface area contributed by atoms with E-state index in [-0.39, 0.29) is 6.79 Å². The van der Waals surface area contributed by atoms with Gasteiger partial charge in [-0.2, -0.15) is 0 Å². The van der Waals surface area contributed by atoms with Gasteiger partial charge >= 0.3 is 0 Å². The summed E-state index contributed by atoms with van der Waals surface area (Å²) in [5.74, 6) is 1.37. The zero-order valence-electron chi connectivity index (χ0n) is 8.87. The molecule has 0 saturated heterocycles. The Morgan fingerprint density at radius 3 is 2.81 bits per heavy atom. The highest BCUT2D eigenvalue weighted by Gasteiger charge is 2.15. The molecule has 1 N–H and O–H groups in total. The molecule has 0 amide bonds. The fourth-order valence-electron chi connectivity index (χ4n) is 1.42. The molecule has 3 nitrogen and oxygen atoms in total. The molecule has 0 bridgehead atoms. The highest BCUT2D eigenvalue weighted by atomic mass is 19.3. The van der Waals surface area contributed by atoms with Crippen LogP contribution in [-0.4, -0.2) is 19.3 Å². The van der Waals surface area contributed by atoms with E-state index in [1.165, 1.54) is 6.92 Å². The number of alkyl halides is 2. The first-order valence-corrected chi connectivity index (χ1v) is 5.07. The number of hydrogen-bond acceptors (Lipinski definition) is 3. The van der Waals surface area contributed by atoms with Crippen LogP contribution in [-0.2, 0) is 6.54 Å². The van der Waals surface area contributed by atoms with E-state index in [2.05, 4.69) is 5.32 Å². The van der Waals surface area contributed by atoms with Gasteiger partial charge < -0.3 is 14.8 Å². The highest BCUT2D eigenvalue weighted by Crippen LogP contribution is 2.32. The Morgan fingerprint density at radius 2 is 2.06 bits per heavy atom. The molecular weight excluding hydrogens is 216 g/mol. The molecule has 1 aliphatic heterocycles. The second-order valence-corrected chi connectivity index (χ2v) is 3.69. The quantitative estimate of drug-likeness (QED) is 0.858. The van der Waals surface area contributed by atoms with Gasteiger partial charge in [0, 0.05) is 6.54 Å². The van der Waals surface area contributed by atoms with E-state index in [4.69, 9.17) is 9.47 Å². The molecule has 2 rings (SSSR count). The first kappa shape index (κ1) is 11.1.